The van der Waals surface area contributed by atoms with Gasteiger partial charge in [-0.1, -0.05) is 29.8 Å². The molecule has 1 aliphatic heterocycles. The zero-order valence-corrected chi connectivity index (χ0v) is 19.9. The van der Waals surface area contributed by atoms with Gasteiger partial charge in [-0.15, -0.1) is 0 Å². The highest BCUT2D eigenvalue weighted by atomic mass is 35.5. The molecule has 1 fully saturated rings. The zero-order chi connectivity index (χ0) is 25.3. The molecule has 5 rings (SSSR count). The average Bonchev–Trinajstić information content (AvgIpc) is 3.32. The van der Waals surface area contributed by atoms with E-state index in [2.05, 4.69) is 24.8 Å². The summed E-state index contributed by atoms with van der Waals surface area (Å²) < 4.78 is 38.0. The summed E-state index contributed by atoms with van der Waals surface area (Å²) in [5.74, 6) is 0.772. The van der Waals surface area contributed by atoms with Crippen molar-refractivity contribution in [3.05, 3.63) is 71.3 Å². The Morgan fingerprint density at radius 3 is 2.42 bits per heavy atom. The van der Waals surface area contributed by atoms with Gasteiger partial charge in [0.25, 0.3) is 0 Å². The topological polar surface area (TPSA) is 78.0 Å². The van der Waals surface area contributed by atoms with E-state index in [9.17, 15) is 18.0 Å². The fourth-order valence-corrected chi connectivity index (χ4v) is 4.41. The molecule has 4 heterocycles. The van der Waals surface area contributed by atoms with Crippen LogP contribution in [0.25, 0.3) is 22.3 Å². The summed E-state index contributed by atoms with van der Waals surface area (Å²) >= 11 is 6.00. The summed E-state index contributed by atoms with van der Waals surface area (Å²) in [6, 6.07) is 11.9. The second-order valence-corrected chi connectivity index (χ2v) is 9.00. The van der Waals surface area contributed by atoms with Crippen molar-refractivity contribution >= 4 is 34.4 Å². The molecule has 1 aliphatic rings. The Hall–Kier alpha value is -3.66. The molecule has 1 aromatic carbocycles. The fourth-order valence-electron chi connectivity index (χ4n) is 4.28. The fraction of sp³-hybridized carbons (Fsp3) is 0.280. The summed E-state index contributed by atoms with van der Waals surface area (Å²) in [5, 5.41) is 1.57. The van der Waals surface area contributed by atoms with E-state index in [1.54, 1.807) is 4.90 Å². The lowest BCUT2D eigenvalue weighted by Gasteiger charge is -2.35. The molecule has 0 atom stereocenters. The quantitative estimate of drug-likeness (QED) is 0.407. The number of carbonyl (C=O) groups is 1. The van der Waals surface area contributed by atoms with Crippen molar-refractivity contribution in [1.82, 2.24) is 24.8 Å². The van der Waals surface area contributed by atoms with Crippen molar-refractivity contribution in [3.8, 4) is 11.3 Å². The predicted molar refractivity (Wildman–Crippen MR) is 131 cm³/mol. The van der Waals surface area contributed by atoms with Crippen molar-refractivity contribution in [2.75, 3.05) is 31.1 Å². The number of benzene rings is 1. The van der Waals surface area contributed by atoms with E-state index in [-0.39, 0.29) is 12.3 Å². The van der Waals surface area contributed by atoms with Crippen molar-refractivity contribution in [2.24, 2.45) is 0 Å². The van der Waals surface area contributed by atoms with Crippen LogP contribution in [-0.4, -0.2) is 56.9 Å². The molecule has 36 heavy (non-hydrogen) atoms. The van der Waals surface area contributed by atoms with Crippen molar-refractivity contribution in [3.63, 3.8) is 0 Å². The number of aryl methyl sites for hydroxylation is 1. The van der Waals surface area contributed by atoms with Crippen molar-refractivity contribution in [2.45, 2.75) is 19.0 Å². The monoisotopic (exact) mass is 514 g/mol. The van der Waals surface area contributed by atoms with Crippen molar-refractivity contribution < 1.29 is 18.0 Å². The van der Waals surface area contributed by atoms with Gasteiger partial charge in [0, 0.05) is 49.5 Å². The molecule has 0 radical (unpaired) electrons. The van der Waals surface area contributed by atoms with E-state index in [1.165, 1.54) is 18.6 Å². The Morgan fingerprint density at radius 1 is 1.00 bits per heavy atom. The lowest BCUT2D eigenvalue weighted by Crippen LogP contribution is -2.49. The maximum absolute atomic E-state index is 12.7. The van der Waals surface area contributed by atoms with E-state index < -0.39 is 11.9 Å². The summed E-state index contributed by atoms with van der Waals surface area (Å²) in [6.45, 7) is 2.29. The van der Waals surface area contributed by atoms with Crippen molar-refractivity contribution in [1.29, 1.82) is 0 Å². The van der Waals surface area contributed by atoms with Gasteiger partial charge in [-0.05, 0) is 41.8 Å². The van der Waals surface area contributed by atoms with Crippen LogP contribution in [0.15, 0.2) is 55.0 Å². The highest BCUT2D eigenvalue weighted by molar-refractivity contribution is 6.30. The van der Waals surface area contributed by atoms with Gasteiger partial charge in [-0.3, -0.25) is 9.78 Å². The number of aromatic amines is 1. The largest absolute Gasteiger partial charge is 0.433 e. The molecule has 0 bridgehead atoms. The number of nitrogens with zero attached hydrogens (tertiary/aromatic N) is 5. The molecule has 0 saturated carbocycles. The number of nitrogens with one attached hydrogen (secondary N) is 1. The lowest BCUT2D eigenvalue weighted by molar-refractivity contribution is -0.141. The Balaban J connectivity index is 1.21. The van der Waals surface area contributed by atoms with E-state index >= 15 is 0 Å². The molecule has 11 heteroatoms. The summed E-state index contributed by atoms with van der Waals surface area (Å²) in [5.41, 5.74) is 2.29. The second kappa shape index (κ2) is 9.77. The van der Waals surface area contributed by atoms with Gasteiger partial charge >= 0.3 is 6.18 Å². The number of halogens is 4. The number of hydrogen-bond acceptors (Lipinski definition) is 5. The van der Waals surface area contributed by atoms with Gasteiger partial charge in [0.2, 0.25) is 5.91 Å². The van der Waals surface area contributed by atoms with E-state index in [1.807, 2.05) is 30.3 Å². The summed E-state index contributed by atoms with van der Waals surface area (Å²) in [6.07, 6.45) is -1.21. The Morgan fingerprint density at radius 2 is 1.75 bits per heavy atom. The molecule has 0 aliphatic carbocycles. The smallest absolute Gasteiger partial charge is 0.352 e. The molecule has 7 nitrogen and oxygen atoms in total. The first-order chi connectivity index (χ1) is 17.3. The van der Waals surface area contributed by atoms with Gasteiger partial charge < -0.3 is 14.8 Å². The first-order valence-corrected chi connectivity index (χ1v) is 11.8. The molecule has 186 valence electrons. The number of H-pyrrole nitrogens is 1. The average molecular weight is 515 g/mol. The van der Waals surface area contributed by atoms with Crippen LogP contribution < -0.4 is 4.90 Å². The number of piperazine rings is 1. The first-order valence-electron chi connectivity index (χ1n) is 11.4. The molecule has 0 spiro atoms. The third-order valence-electron chi connectivity index (χ3n) is 6.23. The van der Waals surface area contributed by atoms with Crippen LogP contribution in [0.2, 0.25) is 5.02 Å². The van der Waals surface area contributed by atoms with Crippen LogP contribution in [0.3, 0.4) is 0 Å². The minimum Gasteiger partial charge on any atom is -0.352 e. The normalized spacial score (nSPS) is 14.4. The van der Waals surface area contributed by atoms with Crippen LogP contribution in [0, 0.1) is 0 Å². The molecular weight excluding hydrogens is 493 g/mol. The van der Waals surface area contributed by atoms with E-state index in [4.69, 9.17) is 11.6 Å². The first kappa shape index (κ1) is 24.1. The number of carbonyl (C=O) groups excluding carboxylic acids is 1. The molecule has 4 aromatic rings. The van der Waals surface area contributed by atoms with Crippen LogP contribution in [0.5, 0.6) is 0 Å². The Kier molecular flexibility index (Phi) is 6.53. The summed E-state index contributed by atoms with van der Waals surface area (Å²) in [7, 11) is 0. The Bertz CT molecular complexity index is 1360. The van der Waals surface area contributed by atoms with Crippen LogP contribution in [0.4, 0.5) is 19.0 Å². The van der Waals surface area contributed by atoms with Gasteiger partial charge in [0.15, 0.2) is 0 Å². The number of pyridine rings is 1. The van der Waals surface area contributed by atoms with Gasteiger partial charge in [-0.2, -0.15) is 13.2 Å². The lowest BCUT2D eigenvalue weighted by atomic mass is 10.1. The highest BCUT2D eigenvalue weighted by Crippen LogP contribution is 2.30. The predicted octanol–water partition coefficient (Wildman–Crippen LogP) is 4.97. The number of alkyl halides is 3. The third-order valence-corrected chi connectivity index (χ3v) is 6.49. The number of amides is 1. The molecule has 1 amide bonds. The maximum atomic E-state index is 12.7. The Labute approximate surface area is 209 Å². The molecular formula is C25H22ClF3N6O. The zero-order valence-electron chi connectivity index (χ0n) is 19.1. The highest BCUT2D eigenvalue weighted by Gasteiger charge is 2.32. The second-order valence-electron chi connectivity index (χ2n) is 8.57. The molecule has 1 N–H and O–H groups in total. The minimum atomic E-state index is -4.47. The molecule has 3 aromatic heterocycles. The minimum absolute atomic E-state index is 0.0333. The molecule has 0 unspecified atom stereocenters. The SMILES string of the molecule is O=C(CCc1ccc(C(F)(F)F)nc1)N1CCN(c2ncnc3[nH]c(-c4ccc(Cl)cc4)cc23)CC1. The summed E-state index contributed by atoms with van der Waals surface area (Å²) in [4.78, 5) is 32.3. The number of fused-ring (bicyclic) bond motifs is 1. The number of hydrogen-bond donors (Lipinski definition) is 1. The van der Waals surface area contributed by atoms with E-state index in [0.717, 1.165) is 34.2 Å². The standard InChI is InChI=1S/C25H22ClF3N6O/c26-18-5-3-17(4-6-18)20-13-19-23(33-20)31-15-32-24(19)35-11-9-34(10-12-35)22(36)8-2-16-1-7-21(30-14-16)25(27,28)29/h1,3-7,13-15H,2,8-12H2,(H,31,32,33). The molecule has 1 saturated heterocycles. The van der Waals surface area contributed by atoms with Crippen LogP contribution in [-0.2, 0) is 17.4 Å². The van der Waals surface area contributed by atoms with E-state index in [0.29, 0.717) is 43.2 Å². The van der Waals surface area contributed by atoms with Gasteiger partial charge in [-0.25, -0.2) is 9.97 Å². The maximum Gasteiger partial charge on any atom is 0.433 e. The number of aromatic nitrogens is 4. The van der Waals surface area contributed by atoms with Crippen LogP contribution >= 0.6 is 11.6 Å². The number of anilines is 1. The number of rotatable bonds is 5. The van der Waals surface area contributed by atoms with Crippen LogP contribution in [0.1, 0.15) is 17.7 Å². The van der Waals surface area contributed by atoms with Gasteiger partial charge in [0.1, 0.15) is 23.5 Å². The van der Waals surface area contributed by atoms with Gasteiger partial charge in [0.05, 0.1) is 5.39 Å². The third kappa shape index (κ3) is 5.13.